The van der Waals surface area contributed by atoms with Gasteiger partial charge in [0.1, 0.15) is 11.5 Å². The number of esters is 1. The minimum absolute atomic E-state index is 0.202. The van der Waals surface area contributed by atoms with Crippen LogP contribution in [0.2, 0.25) is 0 Å². The van der Waals surface area contributed by atoms with Gasteiger partial charge in [0.2, 0.25) is 0 Å². The third kappa shape index (κ3) is 3.99. The Morgan fingerprint density at radius 2 is 1.80 bits per heavy atom. The molecule has 4 heteroatoms. The van der Waals surface area contributed by atoms with E-state index >= 15 is 0 Å². The number of rotatable bonds is 5. The summed E-state index contributed by atoms with van der Waals surface area (Å²) < 4.78 is 14.9. The standard InChI is InChI=1S/C11H14O4/c1-3-11(12)15-10-6-4-9(5-7-10)14-8-13-2/h4-7H,3,8H2,1-2H3. The van der Waals surface area contributed by atoms with Gasteiger partial charge in [0, 0.05) is 13.5 Å². The predicted molar refractivity (Wildman–Crippen MR) is 54.9 cm³/mol. The summed E-state index contributed by atoms with van der Waals surface area (Å²) in [6, 6.07) is 6.80. The van der Waals surface area contributed by atoms with Crippen LogP contribution in [-0.2, 0) is 9.53 Å². The van der Waals surface area contributed by atoms with Gasteiger partial charge in [-0.3, -0.25) is 4.79 Å². The molecule has 82 valence electrons. The molecule has 15 heavy (non-hydrogen) atoms. The van der Waals surface area contributed by atoms with Crippen molar-refractivity contribution in [1.29, 1.82) is 0 Å². The number of carbonyl (C=O) groups excluding carboxylic acids is 1. The Balaban J connectivity index is 2.52. The van der Waals surface area contributed by atoms with Crippen LogP contribution in [0.3, 0.4) is 0 Å². The fourth-order valence-electron chi connectivity index (χ4n) is 0.934. The molecule has 1 aromatic carbocycles. The SMILES string of the molecule is CCC(=O)Oc1ccc(OCOC)cc1. The van der Waals surface area contributed by atoms with Crippen LogP contribution in [0.15, 0.2) is 24.3 Å². The number of hydrogen-bond donors (Lipinski definition) is 0. The summed E-state index contributed by atoms with van der Waals surface area (Å²) in [5.41, 5.74) is 0. The lowest BCUT2D eigenvalue weighted by Gasteiger charge is -2.05. The van der Waals surface area contributed by atoms with Crippen molar-refractivity contribution in [1.82, 2.24) is 0 Å². The summed E-state index contributed by atoms with van der Waals surface area (Å²) >= 11 is 0. The Bertz CT molecular complexity index is 305. The topological polar surface area (TPSA) is 44.8 Å². The molecule has 0 amide bonds. The second-order valence-corrected chi connectivity index (χ2v) is 2.85. The normalized spacial score (nSPS) is 9.73. The quantitative estimate of drug-likeness (QED) is 0.423. The molecular formula is C11H14O4. The Hall–Kier alpha value is -1.55. The molecule has 0 N–H and O–H groups in total. The fourth-order valence-corrected chi connectivity index (χ4v) is 0.934. The van der Waals surface area contributed by atoms with Gasteiger partial charge in [-0.25, -0.2) is 0 Å². The lowest BCUT2D eigenvalue weighted by Crippen LogP contribution is -2.05. The van der Waals surface area contributed by atoms with Gasteiger partial charge in [0.15, 0.2) is 6.79 Å². The molecule has 0 aromatic heterocycles. The van der Waals surface area contributed by atoms with Crippen molar-refractivity contribution in [2.24, 2.45) is 0 Å². The van der Waals surface area contributed by atoms with Crippen molar-refractivity contribution < 1.29 is 19.0 Å². The Labute approximate surface area is 88.8 Å². The molecule has 1 aromatic rings. The Morgan fingerprint density at radius 1 is 1.20 bits per heavy atom. The molecule has 0 saturated carbocycles. The highest BCUT2D eigenvalue weighted by Gasteiger charge is 2.01. The second kappa shape index (κ2) is 6.03. The molecule has 0 unspecified atom stereocenters. The summed E-state index contributed by atoms with van der Waals surface area (Å²) in [6.07, 6.45) is 0.363. The first kappa shape index (κ1) is 11.5. The Morgan fingerprint density at radius 3 is 2.33 bits per heavy atom. The van der Waals surface area contributed by atoms with Gasteiger partial charge >= 0.3 is 5.97 Å². The van der Waals surface area contributed by atoms with E-state index in [9.17, 15) is 4.79 Å². The van der Waals surface area contributed by atoms with E-state index in [0.717, 1.165) is 0 Å². The molecule has 4 nitrogen and oxygen atoms in total. The molecule has 0 aliphatic rings. The van der Waals surface area contributed by atoms with Crippen molar-refractivity contribution >= 4 is 5.97 Å². The van der Waals surface area contributed by atoms with E-state index < -0.39 is 0 Å². The molecule has 0 aliphatic heterocycles. The first-order valence-electron chi connectivity index (χ1n) is 4.68. The van der Waals surface area contributed by atoms with Crippen LogP contribution in [0.5, 0.6) is 11.5 Å². The van der Waals surface area contributed by atoms with Gasteiger partial charge in [0.05, 0.1) is 0 Å². The zero-order valence-electron chi connectivity index (χ0n) is 8.86. The van der Waals surface area contributed by atoms with Crippen molar-refractivity contribution in [3.05, 3.63) is 24.3 Å². The average Bonchev–Trinajstić information content (AvgIpc) is 2.28. The van der Waals surface area contributed by atoms with E-state index in [-0.39, 0.29) is 12.8 Å². The second-order valence-electron chi connectivity index (χ2n) is 2.85. The van der Waals surface area contributed by atoms with Gasteiger partial charge in [-0.15, -0.1) is 0 Å². The van der Waals surface area contributed by atoms with E-state index in [4.69, 9.17) is 14.2 Å². The number of benzene rings is 1. The van der Waals surface area contributed by atoms with Crippen LogP contribution < -0.4 is 9.47 Å². The molecule has 0 saturated heterocycles. The summed E-state index contributed by atoms with van der Waals surface area (Å²) in [4.78, 5) is 11.0. The average molecular weight is 210 g/mol. The summed E-state index contributed by atoms with van der Waals surface area (Å²) in [7, 11) is 1.55. The molecule has 0 aliphatic carbocycles. The van der Waals surface area contributed by atoms with Crippen molar-refractivity contribution in [3.63, 3.8) is 0 Å². The molecule has 0 heterocycles. The highest BCUT2D eigenvalue weighted by Crippen LogP contribution is 2.17. The maximum Gasteiger partial charge on any atom is 0.310 e. The molecule has 0 bridgehead atoms. The maximum absolute atomic E-state index is 11.0. The zero-order chi connectivity index (χ0) is 11.1. The van der Waals surface area contributed by atoms with E-state index in [1.54, 1.807) is 38.3 Å². The molecule has 0 radical (unpaired) electrons. The van der Waals surface area contributed by atoms with Crippen LogP contribution in [-0.4, -0.2) is 19.9 Å². The summed E-state index contributed by atoms with van der Waals surface area (Å²) in [5.74, 6) is 0.945. The van der Waals surface area contributed by atoms with Gasteiger partial charge in [-0.2, -0.15) is 0 Å². The maximum atomic E-state index is 11.0. The molecule has 0 spiro atoms. The van der Waals surface area contributed by atoms with E-state index in [1.807, 2.05) is 0 Å². The van der Waals surface area contributed by atoms with Crippen molar-refractivity contribution in [2.75, 3.05) is 13.9 Å². The summed E-state index contributed by atoms with van der Waals surface area (Å²) in [5, 5.41) is 0. The van der Waals surface area contributed by atoms with Crippen LogP contribution in [0.4, 0.5) is 0 Å². The van der Waals surface area contributed by atoms with Gasteiger partial charge < -0.3 is 14.2 Å². The van der Waals surface area contributed by atoms with Gasteiger partial charge in [-0.1, -0.05) is 6.92 Å². The van der Waals surface area contributed by atoms with E-state index in [2.05, 4.69) is 0 Å². The minimum Gasteiger partial charge on any atom is -0.468 e. The van der Waals surface area contributed by atoms with E-state index in [0.29, 0.717) is 17.9 Å². The number of ether oxygens (including phenoxy) is 3. The molecule has 1 rings (SSSR count). The van der Waals surface area contributed by atoms with Crippen LogP contribution in [0.1, 0.15) is 13.3 Å². The van der Waals surface area contributed by atoms with Crippen molar-refractivity contribution in [2.45, 2.75) is 13.3 Å². The van der Waals surface area contributed by atoms with Crippen molar-refractivity contribution in [3.8, 4) is 11.5 Å². The third-order valence-electron chi connectivity index (χ3n) is 1.69. The zero-order valence-corrected chi connectivity index (χ0v) is 8.86. The van der Waals surface area contributed by atoms with E-state index in [1.165, 1.54) is 0 Å². The first-order valence-corrected chi connectivity index (χ1v) is 4.68. The predicted octanol–water partition coefficient (Wildman–Crippen LogP) is 1.98. The largest absolute Gasteiger partial charge is 0.468 e. The molecule has 0 fully saturated rings. The Kier molecular flexibility index (Phi) is 4.63. The number of methoxy groups -OCH3 is 1. The lowest BCUT2D eigenvalue weighted by molar-refractivity contribution is -0.134. The monoisotopic (exact) mass is 210 g/mol. The van der Waals surface area contributed by atoms with Crippen LogP contribution >= 0.6 is 0 Å². The minimum atomic E-state index is -0.249. The van der Waals surface area contributed by atoms with Crippen LogP contribution in [0.25, 0.3) is 0 Å². The third-order valence-corrected chi connectivity index (χ3v) is 1.69. The number of carbonyl (C=O) groups is 1. The summed E-state index contributed by atoms with van der Waals surface area (Å²) in [6.45, 7) is 1.95. The van der Waals surface area contributed by atoms with Gasteiger partial charge in [-0.05, 0) is 24.3 Å². The first-order chi connectivity index (χ1) is 7.26. The highest BCUT2D eigenvalue weighted by molar-refractivity contribution is 5.71. The van der Waals surface area contributed by atoms with Gasteiger partial charge in [0.25, 0.3) is 0 Å². The molecular weight excluding hydrogens is 196 g/mol. The molecule has 0 atom stereocenters. The highest BCUT2D eigenvalue weighted by atomic mass is 16.7. The van der Waals surface area contributed by atoms with Crippen LogP contribution in [0, 0.1) is 0 Å². The fraction of sp³-hybridized carbons (Fsp3) is 0.364. The lowest BCUT2D eigenvalue weighted by atomic mass is 10.3. The number of hydrogen-bond acceptors (Lipinski definition) is 4. The smallest absolute Gasteiger partial charge is 0.310 e.